The van der Waals surface area contributed by atoms with Gasteiger partial charge in [0.1, 0.15) is 0 Å². The number of rotatable bonds is 2. The lowest BCUT2D eigenvalue weighted by molar-refractivity contribution is 1.53. The fourth-order valence-electron chi connectivity index (χ4n) is 5.24. The summed E-state index contributed by atoms with van der Waals surface area (Å²) in [4.78, 5) is 5.31. The summed E-state index contributed by atoms with van der Waals surface area (Å²) in [5.41, 5.74) is 6.93. The van der Waals surface area contributed by atoms with Crippen LogP contribution in [0, 0.1) is 0 Å². The third-order valence-electron chi connectivity index (χ3n) is 6.87. The van der Waals surface area contributed by atoms with Crippen LogP contribution in [0.3, 0.4) is 0 Å². The summed E-state index contributed by atoms with van der Waals surface area (Å²) < 4.78 is 1.08. The molecule has 0 aliphatic heterocycles. The van der Waals surface area contributed by atoms with Crippen molar-refractivity contribution in [2.45, 2.75) is 0 Å². The molecule has 0 radical (unpaired) electrons. The monoisotopic (exact) mass is 509 g/mol. The molecule has 164 valence electrons. The first-order chi connectivity index (χ1) is 17.3. The second-order valence-corrected chi connectivity index (χ2v) is 9.86. The average Bonchev–Trinajstić information content (AvgIpc) is 2.91. The Balaban J connectivity index is 1.63. The van der Waals surface area contributed by atoms with E-state index in [1.165, 1.54) is 54.6 Å². The number of nitrogens with zero attached hydrogens (tertiary/aromatic N) is 1. The normalized spacial score (nSPS) is 11.6. The standard InChI is InChI=1S/C33H20BrN/c34-26-12-6-10-24(20-26)23-9-5-11-25(19-23)31-29-17-15-21-7-1-3-13-27(21)32(29)35-33-28-14-4-2-8-22(28)16-18-30(31)33/h1-20H. The molecule has 0 fully saturated rings. The van der Waals surface area contributed by atoms with Crippen LogP contribution in [0.4, 0.5) is 0 Å². The van der Waals surface area contributed by atoms with Crippen molar-refractivity contribution < 1.29 is 0 Å². The molecule has 0 aliphatic carbocycles. The molecule has 7 aromatic rings. The number of aromatic nitrogens is 1. The molecule has 0 atom stereocenters. The number of hydrogen-bond acceptors (Lipinski definition) is 1. The SMILES string of the molecule is Brc1cccc(-c2cccc(-c3c4ccc5ccccc5c4nc4c3ccc3ccccc34)c2)c1. The second-order valence-electron chi connectivity index (χ2n) is 8.94. The lowest BCUT2D eigenvalue weighted by Crippen LogP contribution is -1.92. The van der Waals surface area contributed by atoms with Crippen molar-refractivity contribution >= 4 is 59.3 Å². The van der Waals surface area contributed by atoms with Crippen molar-refractivity contribution in [3.63, 3.8) is 0 Å². The van der Waals surface area contributed by atoms with Crippen LogP contribution in [-0.4, -0.2) is 4.98 Å². The molecule has 0 N–H and O–H groups in total. The van der Waals surface area contributed by atoms with Crippen LogP contribution in [0.2, 0.25) is 0 Å². The van der Waals surface area contributed by atoms with E-state index in [1.54, 1.807) is 0 Å². The molecule has 0 spiro atoms. The molecule has 35 heavy (non-hydrogen) atoms. The van der Waals surface area contributed by atoms with E-state index >= 15 is 0 Å². The van der Waals surface area contributed by atoms with Crippen molar-refractivity contribution in [1.82, 2.24) is 4.98 Å². The zero-order valence-corrected chi connectivity index (χ0v) is 20.5. The van der Waals surface area contributed by atoms with Gasteiger partial charge < -0.3 is 0 Å². The molecule has 1 nitrogen and oxygen atoms in total. The van der Waals surface area contributed by atoms with Crippen LogP contribution >= 0.6 is 15.9 Å². The van der Waals surface area contributed by atoms with Crippen molar-refractivity contribution in [2.75, 3.05) is 0 Å². The Morgan fingerprint density at radius 3 is 1.60 bits per heavy atom. The molecule has 0 bridgehead atoms. The summed E-state index contributed by atoms with van der Waals surface area (Å²) >= 11 is 3.63. The fourth-order valence-corrected chi connectivity index (χ4v) is 5.64. The van der Waals surface area contributed by atoms with Gasteiger partial charge in [-0.05, 0) is 45.7 Å². The molecule has 7 rings (SSSR count). The van der Waals surface area contributed by atoms with Crippen LogP contribution in [0.1, 0.15) is 0 Å². The van der Waals surface area contributed by atoms with Gasteiger partial charge in [0.05, 0.1) is 11.0 Å². The van der Waals surface area contributed by atoms with E-state index in [-0.39, 0.29) is 0 Å². The summed E-state index contributed by atoms with van der Waals surface area (Å²) in [5.74, 6) is 0. The molecule has 2 heteroatoms. The van der Waals surface area contributed by atoms with Crippen molar-refractivity contribution in [3.8, 4) is 22.3 Å². The maximum absolute atomic E-state index is 5.31. The van der Waals surface area contributed by atoms with Crippen LogP contribution in [0.5, 0.6) is 0 Å². The highest BCUT2D eigenvalue weighted by Gasteiger charge is 2.15. The smallest absolute Gasteiger partial charge is 0.0794 e. The zero-order chi connectivity index (χ0) is 23.4. The molecular weight excluding hydrogens is 490 g/mol. The molecule has 0 unspecified atom stereocenters. The molecule has 6 aromatic carbocycles. The van der Waals surface area contributed by atoms with Gasteiger partial charge in [-0.3, -0.25) is 0 Å². The van der Waals surface area contributed by atoms with E-state index in [4.69, 9.17) is 4.98 Å². The second kappa shape index (κ2) is 8.04. The van der Waals surface area contributed by atoms with E-state index in [0.29, 0.717) is 0 Å². The molecular formula is C33H20BrN. The summed E-state index contributed by atoms with van der Waals surface area (Å²) in [6.45, 7) is 0. The highest BCUT2D eigenvalue weighted by molar-refractivity contribution is 9.10. The van der Waals surface area contributed by atoms with Gasteiger partial charge in [0, 0.05) is 31.6 Å². The van der Waals surface area contributed by atoms with Gasteiger partial charge in [-0.2, -0.15) is 0 Å². The van der Waals surface area contributed by atoms with E-state index in [0.717, 1.165) is 15.5 Å². The molecule has 0 aliphatic rings. The minimum absolute atomic E-state index is 1.05. The first-order valence-electron chi connectivity index (χ1n) is 11.8. The Hall–Kier alpha value is -4.01. The quantitative estimate of drug-likeness (QED) is 0.167. The predicted octanol–water partition coefficient (Wildman–Crippen LogP) is 9.79. The Morgan fingerprint density at radius 2 is 0.971 bits per heavy atom. The Kier molecular flexibility index (Phi) is 4.68. The minimum Gasteiger partial charge on any atom is -0.246 e. The number of benzene rings is 6. The molecule has 0 saturated heterocycles. The molecule has 1 aromatic heterocycles. The third kappa shape index (κ3) is 3.33. The zero-order valence-electron chi connectivity index (χ0n) is 18.9. The number of fused-ring (bicyclic) bond motifs is 6. The first kappa shape index (κ1) is 20.4. The van der Waals surface area contributed by atoms with Gasteiger partial charge in [0.2, 0.25) is 0 Å². The minimum atomic E-state index is 1.05. The van der Waals surface area contributed by atoms with Gasteiger partial charge in [-0.25, -0.2) is 4.98 Å². The van der Waals surface area contributed by atoms with E-state index in [2.05, 4.69) is 137 Å². The Bertz CT molecular complexity index is 1830. The summed E-state index contributed by atoms with van der Waals surface area (Å²) in [6, 6.07) is 43.3. The molecule has 0 saturated carbocycles. The Labute approximate surface area is 211 Å². The number of hydrogen-bond donors (Lipinski definition) is 0. The average molecular weight is 510 g/mol. The van der Waals surface area contributed by atoms with Gasteiger partial charge >= 0.3 is 0 Å². The maximum Gasteiger partial charge on any atom is 0.0794 e. The highest BCUT2D eigenvalue weighted by Crippen LogP contribution is 2.40. The van der Waals surface area contributed by atoms with Crippen LogP contribution in [0.15, 0.2) is 126 Å². The van der Waals surface area contributed by atoms with Crippen molar-refractivity contribution in [2.24, 2.45) is 0 Å². The van der Waals surface area contributed by atoms with Gasteiger partial charge in [-0.1, -0.05) is 119 Å². The van der Waals surface area contributed by atoms with E-state index in [9.17, 15) is 0 Å². The van der Waals surface area contributed by atoms with Crippen molar-refractivity contribution in [1.29, 1.82) is 0 Å². The van der Waals surface area contributed by atoms with Crippen LogP contribution in [-0.2, 0) is 0 Å². The third-order valence-corrected chi connectivity index (χ3v) is 7.37. The van der Waals surface area contributed by atoms with E-state index in [1.807, 2.05) is 0 Å². The van der Waals surface area contributed by atoms with Gasteiger partial charge in [-0.15, -0.1) is 0 Å². The topological polar surface area (TPSA) is 12.9 Å². The van der Waals surface area contributed by atoms with E-state index < -0.39 is 0 Å². The molecule has 1 heterocycles. The fraction of sp³-hybridized carbons (Fsp3) is 0. The largest absolute Gasteiger partial charge is 0.246 e. The summed E-state index contributed by atoms with van der Waals surface area (Å²) in [7, 11) is 0. The van der Waals surface area contributed by atoms with Crippen LogP contribution in [0.25, 0.3) is 65.6 Å². The summed E-state index contributed by atoms with van der Waals surface area (Å²) in [6.07, 6.45) is 0. The van der Waals surface area contributed by atoms with Gasteiger partial charge in [0.25, 0.3) is 0 Å². The number of pyridine rings is 1. The lowest BCUT2D eigenvalue weighted by Gasteiger charge is -2.15. The highest BCUT2D eigenvalue weighted by atomic mass is 79.9. The number of halogens is 1. The Morgan fingerprint density at radius 1 is 0.429 bits per heavy atom. The predicted molar refractivity (Wildman–Crippen MR) is 153 cm³/mol. The van der Waals surface area contributed by atoms with Gasteiger partial charge in [0.15, 0.2) is 0 Å². The van der Waals surface area contributed by atoms with Crippen LogP contribution < -0.4 is 0 Å². The maximum atomic E-state index is 5.31. The summed E-state index contributed by atoms with van der Waals surface area (Å²) in [5, 5.41) is 7.14. The molecule has 0 amide bonds. The first-order valence-corrected chi connectivity index (χ1v) is 12.5. The lowest BCUT2D eigenvalue weighted by atomic mass is 9.91. The van der Waals surface area contributed by atoms with Crippen molar-refractivity contribution in [3.05, 3.63) is 126 Å².